The summed E-state index contributed by atoms with van der Waals surface area (Å²) >= 11 is 0. The van der Waals surface area contributed by atoms with Crippen molar-refractivity contribution in [1.29, 1.82) is 0 Å². The monoisotopic (exact) mass is 362 g/mol. The van der Waals surface area contributed by atoms with E-state index < -0.39 is 0 Å². The van der Waals surface area contributed by atoms with Crippen molar-refractivity contribution in [2.75, 3.05) is 6.61 Å². The lowest BCUT2D eigenvalue weighted by Crippen LogP contribution is -2.16. The number of nitrogens with one attached hydrogen (secondary N) is 1. The number of aromatic nitrogens is 2. The fourth-order valence-corrected chi connectivity index (χ4v) is 3.36. The number of ether oxygens (including phenoxy) is 1. The van der Waals surface area contributed by atoms with Gasteiger partial charge in [0.1, 0.15) is 5.75 Å². The second-order valence-electron chi connectivity index (χ2n) is 7.92. The fraction of sp³-hybridized carbons (Fsp3) is 0.375. The molecule has 2 aromatic carbocycles. The minimum Gasteiger partial charge on any atom is -0.493 e. The van der Waals surface area contributed by atoms with Crippen molar-refractivity contribution >= 4 is 0 Å². The van der Waals surface area contributed by atoms with E-state index in [1.165, 1.54) is 31.2 Å². The van der Waals surface area contributed by atoms with Crippen LogP contribution in [-0.2, 0) is 6.42 Å². The van der Waals surface area contributed by atoms with E-state index in [1.807, 2.05) is 24.4 Å². The summed E-state index contributed by atoms with van der Waals surface area (Å²) in [5.74, 6) is 0.918. The Hall–Kier alpha value is -2.55. The van der Waals surface area contributed by atoms with E-state index in [9.17, 15) is 0 Å². The van der Waals surface area contributed by atoms with Crippen LogP contribution >= 0.6 is 0 Å². The number of para-hydroxylation sites is 1. The summed E-state index contributed by atoms with van der Waals surface area (Å²) in [6.07, 6.45) is 9.49. The number of hydrogen-bond donors (Lipinski definition) is 1. The molecule has 1 heterocycles. The third-order valence-electron chi connectivity index (χ3n) is 5.12. The predicted octanol–water partition coefficient (Wildman–Crippen LogP) is 6.28. The Labute approximate surface area is 162 Å². The van der Waals surface area contributed by atoms with E-state index in [2.05, 4.69) is 60.2 Å². The summed E-state index contributed by atoms with van der Waals surface area (Å²) in [7, 11) is 0. The second-order valence-corrected chi connectivity index (χ2v) is 7.92. The van der Waals surface area contributed by atoms with Crippen LogP contribution in [0.3, 0.4) is 0 Å². The van der Waals surface area contributed by atoms with Crippen LogP contribution < -0.4 is 4.74 Å². The summed E-state index contributed by atoms with van der Waals surface area (Å²) in [5, 5.41) is 0. The van der Waals surface area contributed by atoms with Crippen molar-refractivity contribution in [3.63, 3.8) is 0 Å². The number of aromatic amines is 1. The highest BCUT2D eigenvalue weighted by Crippen LogP contribution is 2.31. The van der Waals surface area contributed by atoms with Gasteiger partial charge < -0.3 is 9.72 Å². The number of unbranched alkanes of at least 4 members (excludes halogenated alkanes) is 1. The minimum atomic E-state index is 0.291. The summed E-state index contributed by atoms with van der Waals surface area (Å²) < 4.78 is 6.12. The van der Waals surface area contributed by atoms with Gasteiger partial charge in [0.15, 0.2) is 0 Å². The largest absolute Gasteiger partial charge is 0.493 e. The third kappa shape index (κ3) is 5.99. The zero-order chi connectivity index (χ0) is 19.0. The molecule has 142 valence electrons. The normalized spacial score (nSPS) is 11.5. The first-order chi connectivity index (χ1) is 13.1. The Morgan fingerprint density at radius 1 is 0.926 bits per heavy atom. The molecule has 0 aliphatic rings. The molecule has 0 amide bonds. The average molecular weight is 363 g/mol. The standard InChI is InChI=1S/C24H30N2O/c1-24(2,15-9-8-12-20-10-4-3-5-11-20)16-17-27-23-14-7-6-13-21(23)22-18-25-19-26-22/h3-7,10-11,13-14,18-19H,8-9,12,15-17H2,1-2H3,(H,25,26). The number of imidazole rings is 1. The Morgan fingerprint density at radius 3 is 2.48 bits per heavy atom. The maximum atomic E-state index is 6.12. The molecule has 0 atom stereocenters. The molecule has 0 fully saturated rings. The molecule has 0 bridgehead atoms. The summed E-state index contributed by atoms with van der Waals surface area (Å²) in [6, 6.07) is 18.9. The maximum absolute atomic E-state index is 6.12. The lowest BCUT2D eigenvalue weighted by Gasteiger charge is -2.25. The zero-order valence-corrected chi connectivity index (χ0v) is 16.4. The molecular weight excluding hydrogens is 332 g/mol. The highest BCUT2D eigenvalue weighted by atomic mass is 16.5. The lowest BCUT2D eigenvalue weighted by molar-refractivity contribution is 0.213. The highest BCUT2D eigenvalue weighted by molar-refractivity contribution is 5.66. The van der Waals surface area contributed by atoms with E-state index in [4.69, 9.17) is 4.74 Å². The Morgan fingerprint density at radius 2 is 1.70 bits per heavy atom. The molecule has 0 saturated heterocycles. The van der Waals surface area contributed by atoms with Gasteiger partial charge in [-0.05, 0) is 48.8 Å². The lowest BCUT2D eigenvalue weighted by atomic mass is 9.84. The molecule has 3 rings (SSSR count). The maximum Gasteiger partial charge on any atom is 0.128 e. The van der Waals surface area contributed by atoms with Crippen LogP contribution in [0, 0.1) is 5.41 Å². The van der Waals surface area contributed by atoms with E-state index in [-0.39, 0.29) is 0 Å². The van der Waals surface area contributed by atoms with E-state index in [0.29, 0.717) is 5.41 Å². The highest BCUT2D eigenvalue weighted by Gasteiger charge is 2.18. The molecule has 1 aromatic heterocycles. The quantitative estimate of drug-likeness (QED) is 0.431. The fourth-order valence-electron chi connectivity index (χ4n) is 3.36. The van der Waals surface area contributed by atoms with E-state index >= 15 is 0 Å². The number of nitrogens with zero attached hydrogens (tertiary/aromatic N) is 1. The summed E-state index contributed by atoms with van der Waals surface area (Å²) in [4.78, 5) is 7.27. The predicted molar refractivity (Wildman–Crippen MR) is 112 cm³/mol. The Kier molecular flexibility index (Phi) is 6.69. The Balaban J connectivity index is 1.43. The summed E-state index contributed by atoms with van der Waals surface area (Å²) in [6.45, 7) is 5.43. The van der Waals surface area contributed by atoms with Crippen LogP contribution in [0.1, 0.15) is 45.1 Å². The first-order valence-electron chi connectivity index (χ1n) is 9.89. The molecule has 3 nitrogen and oxygen atoms in total. The first kappa shape index (κ1) is 19.2. The molecule has 27 heavy (non-hydrogen) atoms. The number of hydrogen-bond acceptors (Lipinski definition) is 2. The molecule has 1 N–H and O–H groups in total. The van der Waals surface area contributed by atoms with Crippen LogP contribution in [0.5, 0.6) is 5.75 Å². The van der Waals surface area contributed by atoms with Crippen molar-refractivity contribution in [3.05, 3.63) is 72.7 Å². The molecule has 0 unspecified atom stereocenters. The van der Waals surface area contributed by atoms with Crippen LogP contribution in [0.2, 0.25) is 0 Å². The van der Waals surface area contributed by atoms with Crippen molar-refractivity contribution in [2.24, 2.45) is 5.41 Å². The molecule has 0 aliphatic heterocycles. The third-order valence-corrected chi connectivity index (χ3v) is 5.12. The smallest absolute Gasteiger partial charge is 0.128 e. The summed E-state index contributed by atoms with van der Waals surface area (Å²) in [5.41, 5.74) is 3.79. The van der Waals surface area contributed by atoms with Crippen LogP contribution in [-0.4, -0.2) is 16.6 Å². The van der Waals surface area contributed by atoms with Crippen molar-refractivity contribution in [1.82, 2.24) is 9.97 Å². The molecule has 0 saturated carbocycles. The molecule has 0 spiro atoms. The van der Waals surface area contributed by atoms with Gasteiger partial charge in [-0.3, -0.25) is 0 Å². The SMILES string of the molecule is CC(C)(CCCCc1ccccc1)CCOc1ccccc1-c1cnc[nH]1. The molecule has 0 radical (unpaired) electrons. The van der Waals surface area contributed by atoms with Gasteiger partial charge >= 0.3 is 0 Å². The number of benzene rings is 2. The van der Waals surface area contributed by atoms with E-state index in [1.54, 1.807) is 6.33 Å². The van der Waals surface area contributed by atoms with Gasteiger partial charge in [-0.2, -0.15) is 0 Å². The van der Waals surface area contributed by atoms with Gasteiger partial charge in [-0.1, -0.05) is 62.7 Å². The van der Waals surface area contributed by atoms with Gasteiger partial charge in [0.25, 0.3) is 0 Å². The van der Waals surface area contributed by atoms with Crippen molar-refractivity contribution in [2.45, 2.75) is 46.0 Å². The number of aryl methyl sites for hydroxylation is 1. The molecular formula is C24H30N2O. The Bertz CT molecular complexity index is 794. The van der Waals surface area contributed by atoms with Crippen molar-refractivity contribution in [3.8, 4) is 17.0 Å². The zero-order valence-electron chi connectivity index (χ0n) is 16.4. The van der Waals surface area contributed by atoms with Crippen LogP contribution in [0.25, 0.3) is 11.3 Å². The second kappa shape index (κ2) is 9.40. The number of rotatable bonds is 10. The molecule has 0 aliphatic carbocycles. The topological polar surface area (TPSA) is 37.9 Å². The van der Waals surface area contributed by atoms with E-state index in [0.717, 1.165) is 30.0 Å². The van der Waals surface area contributed by atoms with Crippen LogP contribution in [0.4, 0.5) is 0 Å². The first-order valence-corrected chi connectivity index (χ1v) is 9.89. The molecule has 3 heteroatoms. The van der Waals surface area contributed by atoms with Gasteiger partial charge in [0, 0.05) is 5.56 Å². The number of H-pyrrole nitrogens is 1. The minimum absolute atomic E-state index is 0.291. The van der Waals surface area contributed by atoms with Gasteiger partial charge in [0.05, 0.1) is 24.8 Å². The van der Waals surface area contributed by atoms with Crippen molar-refractivity contribution < 1.29 is 4.74 Å². The van der Waals surface area contributed by atoms with Gasteiger partial charge in [0.2, 0.25) is 0 Å². The van der Waals surface area contributed by atoms with Crippen LogP contribution in [0.15, 0.2) is 67.1 Å². The van der Waals surface area contributed by atoms with Gasteiger partial charge in [-0.15, -0.1) is 0 Å². The van der Waals surface area contributed by atoms with Gasteiger partial charge in [-0.25, -0.2) is 4.98 Å². The average Bonchev–Trinajstić information content (AvgIpc) is 3.21. The molecule has 3 aromatic rings.